The minimum absolute atomic E-state index is 0.323. The van der Waals surface area contributed by atoms with Crippen molar-refractivity contribution < 1.29 is 19.1 Å². The standard InChI is InChI=1S/C18H15N3O4S/c1-24-14-9-5-11(6-10-14)15-16(26-21-20-15)17(22)19-13-7-3-12(4-8-13)18(23)25-2/h3-10H,1-2H3,(H,19,22). The van der Waals surface area contributed by atoms with Crippen LogP contribution < -0.4 is 10.1 Å². The smallest absolute Gasteiger partial charge is 0.337 e. The molecule has 0 saturated heterocycles. The Labute approximate surface area is 153 Å². The molecule has 2 aromatic carbocycles. The highest BCUT2D eigenvalue weighted by Gasteiger charge is 2.18. The van der Waals surface area contributed by atoms with Gasteiger partial charge in [-0.2, -0.15) is 0 Å². The molecule has 0 fully saturated rings. The van der Waals surface area contributed by atoms with Crippen LogP contribution in [-0.2, 0) is 4.74 Å². The number of esters is 1. The van der Waals surface area contributed by atoms with Crippen LogP contribution in [0.1, 0.15) is 20.0 Å². The summed E-state index contributed by atoms with van der Waals surface area (Å²) in [5, 5.41) is 6.83. The van der Waals surface area contributed by atoms with E-state index in [0.717, 1.165) is 17.1 Å². The third kappa shape index (κ3) is 3.70. The van der Waals surface area contributed by atoms with Crippen LogP contribution in [0.15, 0.2) is 48.5 Å². The van der Waals surface area contributed by atoms with E-state index in [1.165, 1.54) is 7.11 Å². The van der Waals surface area contributed by atoms with Crippen LogP contribution in [0.5, 0.6) is 5.75 Å². The molecule has 0 aliphatic carbocycles. The van der Waals surface area contributed by atoms with Crippen molar-refractivity contribution >= 4 is 29.1 Å². The molecule has 0 spiro atoms. The molecule has 8 heteroatoms. The molecular weight excluding hydrogens is 354 g/mol. The normalized spacial score (nSPS) is 10.2. The van der Waals surface area contributed by atoms with Crippen molar-refractivity contribution in [3.05, 3.63) is 59.0 Å². The summed E-state index contributed by atoms with van der Waals surface area (Å²) in [7, 11) is 2.90. The Balaban J connectivity index is 1.78. The van der Waals surface area contributed by atoms with Crippen molar-refractivity contribution in [2.75, 3.05) is 19.5 Å². The number of methoxy groups -OCH3 is 2. The summed E-state index contributed by atoms with van der Waals surface area (Å²) in [6.07, 6.45) is 0. The maximum atomic E-state index is 12.6. The van der Waals surface area contributed by atoms with Gasteiger partial charge in [-0.05, 0) is 60.1 Å². The first-order valence-electron chi connectivity index (χ1n) is 7.59. The minimum atomic E-state index is -0.434. The second kappa shape index (κ2) is 7.75. The van der Waals surface area contributed by atoms with Gasteiger partial charge in [0.25, 0.3) is 5.91 Å². The van der Waals surface area contributed by atoms with E-state index in [4.69, 9.17) is 4.74 Å². The Hall–Kier alpha value is -3.26. The quantitative estimate of drug-likeness (QED) is 0.694. The van der Waals surface area contributed by atoms with Gasteiger partial charge in [0, 0.05) is 11.3 Å². The number of carbonyl (C=O) groups excluding carboxylic acids is 2. The van der Waals surface area contributed by atoms with Crippen LogP contribution in [-0.4, -0.2) is 35.7 Å². The van der Waals surface area contributed by atoms with Gasteiger partial charge < -0.3 is 14.8 Å². The Bertz CT molecular complexity index is 920. The first-order valence-corrected chi connectivity index (χ1v) is 8.36. The molecule has 0 unspecified atom stereocenters. The molecule has 0 saturated carbocycles. The van der Waals surface area contributed by atoms with E-state index in [1.54, 1.807) is 43.5 Å². The molecule has 0 atom stereocenters. The fourth-order valence-corrected chi connectivity index (χ4v) is 2.86. The summed E-state index contributed by atoms with van der Waals surface area (Å²) in [4.78, 5) is 24.4. The maximum absolute atomic E-state index is 12.6. The second-order valence-electron chi connectivity index (χ2n) is 5.20. The van der Waals surface area contributed by atoms with E-state index in [-0.39, 0.29) is 5.91 Å². The number of benzene rings is 2. The number of amides is 1. The molecule has 1 aromatic heterocycles. The van der Waals surface area contributed by atoms with Crippen LogP contribution in [0.25, 0.3) is 11.3 Å². The first kappa shape index (κ1) is 17.6. The van der Waals surface area contributed by atoms with Crippen molar-refractivity contribution in [2.45, 2.75) is 0 Å². The molecule has 0 bridgehead atoms. The average Bonchev–Trinajstić information content (AvgIpc) is 3.18. The topological polar surface area (TPSA) is 90.4 Å². The van der Waals surface area contributed by atoms with Crippen molar-refractivity contribution in [3.63, 3.8) is 0 Å². The highest BCUT2D eigenvalue weighted by atomic mass is 32.1. The lowest BCUT2D eigenvalue weighted by molar-refractivity contribution is 0.0600. The molecule has 1 heterocycles. The number of anilines is 1. The van der Waals surface area contributed by atoms with Gasteiger partial charge in [0.1, 0.15) is 16.3 Å². The molecule has 0 aliphatic heterocycles. The number of ether oxygens (including phenoxy) is 2. The second-order valence-corrected chi connectivity index (χ2v) is 5.96. The van der Waals surface area contributed by atoms with E-state index in [0.29, 0.717) is 27.6 Å². The Morgan fingerprint density at radius 3 is 2.31 bits per heavy atom. The van der Waals surface area contributed by atoms with Crippen molar-refractivity contribution in [1.82, 2.24) is 9.59 Å². The van der Waals surface area contributed by atoms with Gasteiger partial charge in [0.15, 0.2) is 0 Å². The zero-order chi connectivity index (χ0) is 18.5. The highest BCUT2D eigenvalue weighted by Crippen LogP contribution is 2.26. The number of nitrogens with one attached hydrogen (secondary N) is 1. The number of carbonyl (C=O) groups is 2. The molecule has 7 nitrogen and oxygen atoms in total. The third-order valence-electron chi connectivity index (χ3n) is 3.62. The van der Waals surface area contributed by atoms with Gasteiger partial charge in [-0.1, -0.05) is 4.49 Å². The van der Waals surface area contributed by atoms with Gasteiger partial charge in [0.05, 0.1) is 19.8 Å². The summed E-state index contributed by atoms with van der Waals surface area (Å²) < 4.78 is 13.7. The molecule has 3 rings (SSSR count). The van der Waals surface area contributed by atoms with Crippen LogP contribution >= 0.6 is 11.5 Å². The van der Waals surface area contributed by atoms with E-state index >= 15 is 0 Å². The summed E-state index contributed by atoms with van der Waals surface area (Å²) >= 11 is 1.01. The Kier molecular flexibility index (Phi) is 5.23. The molecule has 26 heavy (non-hydrogen) atoms. The molecule has 0 radical (unpaired) electrons. The van der Waals surface area contributed by atoms with E-state index in [2.05, 4.69) is 19.6 Å². The predicted molar refractivity (Wildman–Crippen MR) is 97.6 cm³/mol. The van der Waals surface area contributed by atoms with Crippen LogP contribution in [0.2, 0.25) is 0 Å². The summed E-state index contributed by atoms with van der Waals surface area (Å²) in [6.45, 7) is 0. The lowest BCUT2D eigenvalue weighted by atomic mass is 10.1. The Morgan fingerprint density at radius 2 is 1.69 bits per heavy atom. The molecule has 1 N–H and O–H groups in total. The van der Waals surface area contributed by atoms with Crippen molar-refractivity contribution in [1.29, 1.82) is 0 Å². The van der Waals surface area contributed by atoms with E-state index in [9.17, 15) is 9.59 Å². The predicted octanol–water partition coefficient (Wildman–Crippen LogP) is 3.25. The number of hydrogen-bond donors (Lipinski definition) is 1. The largest absolute Gasteiger partial charge is 0.497 e. The summed E-state index contributed by atoms with van der Waals surface area (Å²) in [5.41, 5.74) is 2.23. The van der Waals surface area contributed by atoms with Crippen molar-refractivity contribution in [3.8, 4) is 17.0 Å². The average molecular weight is 369 g/mol. The van der Waals surface area contributed by atoms with Crippen LogP contribution in [0.3, 0.4) is 0 Å². The third-order valence-corrected chi connectivity index (χ3v) is 4.35. The zero-order valence-electron chi connectivity index (χ0n) is 14.1. The Morgan fingerprint density at radius 1 is 1.00 bits per heavy atom. The number of aromatic nitrogens is 2. The molecule has 1 amide bonds. The van der Waals surface area contributed by atoms with Gasteiger partial charge >= 0.3 is 5.97 Å². The fourth-order valence-electron chi connectivity index (χ4n) is 2.27. The van der Waals surface area contributed by atoms with Crippen LogP contribution in [0, 0.1) is 0 Å². The van der Waals surface area contributed by atoms with Crippen LogP contribution in [0.4, 0.5) is 5.69 Å². The van der Waals surface area contributed by atoms with E-state index < -0.39 is 5.97 Å². The fraction of sp³-hybridized carbons (Fsp3) is 0.111. The lowest BCUT2D eigenvalue weighted by Gasteiger charge is -2.06. The molecule has 0 aliphatic rings. The van der Waals surface area contributed by atoms with Crippen molar-refractivity contribution in [2.24, 2.45) is 0 Å². The first-order chi connectivity index (χ1) is 12.6. The minimum Gasteiger partial charge on any atom is -0.497 e. The SMILES string of the molecule is COC(=O)c1ccc(NC(=O)c2snnc2-c2ccc(OC)cc2)cc1. The summed E-state index contributed by atoms with van der Waals surface area (Å²) in [6, 6.07) is 13.6. The number of hydrogen-bond acceptors (Lipinski definition) is 7. The van der Waals surface area contributed by atoms with Gasteiger partial charge in [-0.15, -0.1) is 5.10 Å². The summed E-state index contributed by atoms with van der Waals surface area (Å²) in [5.74, 6) is -0.0402. The highest BCUT2D eigenvalue weighted by molar-refractivity contribution is 7.08. The maximum Gasteiger partial charge on any atom is 0.337 e. The number of nitrogens with zero attached hydrogens (tertiary/aromatic N) is 2. The van der Waals surface area contributed by atoms with E-state index in [1.807, 2.05) is 12.1 Å². The lowest BCUT2D eigenvalue weighted by Crippen LogP contribution is -2.11. The monoisotopic (exact) mass is 369 g/mol. The number of rotatable bonds is 5. The zero-order valence-corrected chi connectivity index (χ0v) is 14.9. The van der Waals surface area contributed by atoms with Gasteiger partial charge in [0.2, 0.25) is 0 Å². The van der Waals surface area contributed by atoms with Gasteiger partial charge in [-0.25, -0.2) is 4.79 Å². The molecule has 132 valence electrons. The van der Waals surface area contributed by atoms with Gasteiger partial charge in [-0.3, -0.25) is 4.79 Å². The molecular formula is C18H15N3O4S. The molecule has 3 aromatic rings.